The number of benzene rings is 1. The van der Waals surface area contributed by atoms with Crippen molar-refractivity contribution < 1.29 is 14.3 Å². The second-order valence-corrected chi connectivity index (χ2v) is 7.03. The van der Waals surface area contributed by atoms with Crippen LogP contribution in [-0.4, -0.2) is 63.4 Å². The number of carbonyl (C=O) groups excluding carboxylic acids is 1. The van der Waals surface area contributed by atoms with E-state index in [4.69, 9.17) is 9.47 Å². The van der Waals surface area contributed by atoms with E-state index in [0.717, 1.165) is 39.0 Å². The van der Waals surface area contributed by atoms with E-state index >= 15 is 0 Å². The molecule has 0 bridgehead atoms. The highest BCUT2D eigenvalue weighted by Crippen LogP contribution is 2.34. The van der Waals surface area contributed by atoms with Gasteiger partial charge in [0.2, 0.25) is 5.91 Å². The fourth-order valence-electron chi connectivity index (χ4n) is 3.93. The molecule has 2 heterocycles. The van der Waals surface area contributed by atoms with Gasteiger partial charge in [-0.2, -0.15) is 0 Å². The summed E-state index contributed by atoms with van der Waals surface area (Å²) in [5, 5.41) is 3.22. The smallest absolute Gasteiger partial charge is 0.237 e. The van der Waals surface area contributed by atoms with E-state index in [1.54, 1.807) is 7.11 Å². The van der Waals surface area contributed by atoms with E-state index in [0.29, 0.717) is 6.54 Å². The van der Waals surface area contributed by atoms with Gasteiger partial charge in [0.1, 0.15) is 0 Å². The minimum atomic E-state index is -0.0948. The maximum atomic E-state index is 12.7. The number of amides is 1. The van der Waals surface area contributed by atoms with Gasteiger partial charge < -0.3 is 14.8 Å². The van der Waals surface area contributed by atoms with Crippen LogP contribution < -0.4 is 5.32 Å². The molecule has 2 aliphatic heterocycles. The van der Waals surface area contributed by atoms with Gasteiger partial charge in [-0.3, -0.25) is 9.69 Å². The average Bonchev–Trinajstić information content (AvgIpc) is 3.02. The van der Waals surface area contributed by atoms with Crippen LogP contribution in [0.2, 0.25) is 0 Å². The molecule has 2 saturated heterocycles. The van der Waals surface area contributed by atoms with E-state index < -0.39 is 0 Å². The first-order chi connectivity index (χ1) is 11.6. The molecule has 0 aromatic heterocycles. The summed E-state index contributed by atoms with van der Waals surface area (Å²) >= 11 is 0. The second-order valence-electron chi connectivity index (χ2n) is 7.03. The molecule has 1 aromatic rings. The van der Waals surface area contributed by atoms with Gasteiger partial charge in [-0.15, -0.1) is 0 Å². The lowest BCUT2D eigenvalue weighted by atomic mass is 9.74. The normalized spacial score (nSPS) is 27.1. The number of hydrogen-bond donors (Lipinski definition) is 1. The minimum Gasteiger partial charge on any atom is -0.381 e. The third-order valence-electron chi connectivity index (χ3n) is 5.58. The van der Waals surface area contributed by atoms with E-state index in [2.05, 4.69) is 34.5 Å². The molecule has 5 heteroatoms. The summed E-state index contributed by atoms with van der Waals surface area (Å²) in [7, 11) is 3.70. The lowest BCUT2D eigenvalue weighted by Gasteiger charge is -2.38. The largest absolute Gasteiger partial charge is 0.381 e. The van der Waals surface area contributed by atoms with Gasteiger partial charge in [-0.05, 0) is 31.9 Å². The predicted octanol–water partition coefficient (Wildman–Crippen LogP) is 1.57. The third-order valence-corrected chi connectivity index (χ3v) is 5.58. The Morgan fingerprint density at radius 1 is 1.33 bits per heavy atom. The maximum absolute atomic E-state index is 12.7. The monoisotopic (exact) mass is 332 g/mol. The molecule has 0 saturated carbocycles. The average molecular weight is 332 g/mol. The molecule has 0 aliphatic carbocycles. The Balaban J connectivity index is 1.67. The fourth-order valence-corrected chi connectivity index (χ4v) is 3.93. The molecule has 0 radical (unpaired) electrons. The van der Waals surface area contributed by atoms with Crippen LogP contribution in [0.1, 0.15) is 24.8 Å². The molecule has 2 aliphatic rings. The van der Waals surface area contributed by atoms with Crippen LogP contribution in [0.15, 0.2) is 30.3 Å². The van der Waals surface area contributed by atoms with Gasteiger partial charge in [0.05, 0.1) is 12.1 Å². The molecular weight excluding hydrogens is 304 g/mol. The van der Waals surface area contributed by atoms with E-state index in [1.165, 1.54) is 5.56 Å². The summed E-state index contributed by atoms with van der Waals surface area (Å²) in [5.74, 6) is 0.110. The molecule has 2 atom stereocenters. The van der Waals surface area contributed by atoms with E-state index in [-0.39, 0.29) is 23.5 Å². The number of likely N-dealkylation sites (N-methyl/N-ethyl adjacent to an activating group) is 1. The zero-order chi connectivity index (χ0) is 17.0. The number of rotatable bonds is 5. The highest BCUT2D eigenvalue weighted by molar-refractivity contribution is 5.82. The Morgan fingerprint density at radius 2 is 2.04 bits per heavy atom. The van der Waals surface area contributed by atoms with Crippen LogP contribution in [0.25, 0.3) is 0 Å². The SMILES string of the molecule is CO[C@H]1C[C@@H](C(=O)NCC2(c3ccccc3)CCOCC2)N(C)C1. The van der Waals surface area contributed by atoms with Crippen molar-refractivity contribution in [3.05, 3.63) is 35.9 Å². The highest BCUT2D eigenvalue weighted by Gasteiger charge is 2.38. The Hall–Kier alpha value is -1.43. The van der Waals surface area contributed by atoms with Crippen LogP contribution in [0.4, 0.5) is 0 Å². The van der Waals surface area contributed by atoms with Gasteiger partial charge in [-0.25, -0.2) is 0 Å². The first kappa shape index (κ1) is 17.4. The molecule has 24 heavy (non-hydrogen) atoms. The van der Waals surface area contributed by atoms with E-state index in [9.17, 15) is 4.79 Å². The van der Waals surface area contributed by atoms with Crippen molar-refractivity contribution in [3.63, 3.8) is 0 Å². The molecular formula is C19H28N2O3. The van der Waals surface area contributed by atoms with Crippen molar-refractivity contribution in [2.45, 2.75) is 36.8 Å². The number of hydrogen-bond acceptors (Lipinski definition) is 4. The highest BCUT2D eigenvalue weighted by atomic mass is 16.5. The Morgan fingerprint density at radius 3 is 2.67 bits per heavy atom. The summed E-state index contributed by atoms with van der Waals surface area (Å²) in [5.41, 5.74) is 1.27. The van der Waals surface area contributed by atoms with Gasteiger partial charge in [0.15, 0.2) is 0 Å². The van der Waals surface area contributed by atoms with Crippen LogP contribution in [-0.2, 0) is 19.7 Å². The summed E-state index contributed by atoms with van der Waals surface area (Å²) in [6, 6.07) is 10.4. The van der Waals surface area contributed by atoms with Crippen molar-refractivity contribution >= 4 is 5.91 Å². The molecule has 1 amide bonds. The van der Waals surface area contributed by atoms with Crippen molar-refractivity contribution in [1.29, 1.82) is 0 Å². The van der Waals surface area contributed by atoms with Gasteiger partial charge in [0.25, 0.3) is 0 Å². The molecule has 1 aromatic carbocycles. The number of nitrogens with one attached hydrogen (secondary N) is 1. The molecule has 0 spiro atoms. The number of methoxy groups -OCH3 is 1. The van der Waals surface area contributed by atoms with Gasteiger partial charge in [0, 0.05) is 38.8 Å². The summed E-state index contributed by atoms with van der Waals surface area (Å²) in [4.78, 5) is 14.8. The van der Waals surface area contributed by atoms with Crippen molar-refractivity contribution in [2.75, 3.05) is 40.5 Å². The molecule has 5 nitrogen and oxygen atoms in total. The summed E-state index contributed by atoms with van der Waals surface area (Å²) in [6.07, 6.45) is 2.80. The van der Waals surface area contributed by atoms with Crippen molar-refractivity contribution in [3.8, 4) is 0 Å². The van der Waals surface area contributed by atoms with Gasteiger partial charge in [-0.1, -0.05) is 30.3 Å². The Kier molecular flexibility index (Phi) is 5.54. The zero-order valence-electron chi connectivity index (χ0n) is 14.7. The number of nitrogens with zero attached hydrogens (tertiary/aromatic N) is 1. The lowest BCUT2D eigenvalue weighted by Crippen LogP contribution is -2.49. The second kappa shape index (κ2) is 7.64. The fraction of sp³-hybridized carbons (Fsp3) is 0.632. The Bertz CT molecular complexity index is 543. The molecule has 132 valence electrons. The molecule has 0 unspecified atom stereocenters. The van der Waals surface area contributed by atoms with Gasteiger partial charge >= 0.3 is 0 Å². The maximum Gasteiger partial charge on any atom is 0.237 e. The predicted molar refractivity (Wildman–Crippen MR) is 93.0 cm³/mol. The van der Waals surface area contributed by atoms with Crippen molar-refractivity contribution in [2.24, 2.45) is 0 Å². The van der Waals surface area contributed by atoms with E-state index in [1.807, 2.05) is 13.1 Å². The minimum absolute atomic E-state index is 0.0208. The van der Waals surface area contributed by atoms with Crippen LogP contribution in [0, 0.1) is 0 Å². The zero-order valence-corrected chi connectivity index (χ0v) is 14.7. The summed E-state index contributed by atoms with van der Waals surface area (Å²) < 4.78 is 11.0. The number of ether oxygens (including phenoxy) is 2. The third kappa shape index (κ3) is 3.63. The quantitative estimate of drug-likeness (QED) is 0.889. The topological polar surface area (TPSA) is 50.8 Å². The summed E-state index contributed by atoms with van der Waals surface area (Å²) in [6.45, 7) is 2.98. The first-order valence-electron chi connectivity index (χ1n) is 8.79. The van der Waals surface area contributed by atoms with Crippen LogP contribution in [0.3, 0.4) is 0 Å². The molecule has 1 N–H and O–H groups in total. The van der Waals surface area contributed by atoms with Crippen LogP contribution >= 0.6 is 0 Å². The Labute approximate surface area is 144 Å². The van der Waals surface area contributed by atoms with Crippen molar-refractivity contribution in [1.82, 2.24) is 10.2 Å². The number of likely N-dealkylation sites (tertiary alicyclic amines) is 1. The lowest BCUT2D eigenvalue weighted by molar-refractivity contribution is -0.125. The molecule has 3 rings (SSSR count). The number of carbonyl (C=O) groups is 1. The molecule has 2 fully saturated rings. The first-order valence-corrected chi connectivity index (χ1v) is 8.79. The standard InChI is InChI=1S/C19H28N2O3/c1-21-13-16(23-2)12-17(21)18(22)20-14-19(8-10-24-11-9-19)15-6-4-3-5-7-15/h3-7,16-17H,8-14H2,1-2H3,(H,20,22)/t16-,17-/m0/s1. The van der Waals surface area contributed by atoms with Crippen LogP contribution in [0.5, 0.6) is 0 Å².